The molecule has 3 aromatic rings. The summed E-state index contributed by atoms with van der Waals surface area (Å²) in [4.78, 5) is 24.6. The number of nitrogens with one attached hydrogen (secondary N) is 1. The zero-order valence-corrected chi connectivity index (χ0v) is 16.7. The first-order valence-electron chi connectivity index (χ1n) is 8.59. The third-order valence-electron chi connectivity index (χ3n) is 3.70. The monoisotopic (exact) mass is 430 g/mol. The highest BCUT2D eigenvalue weighted by Crippen LogP contribution is 2.30. The zero-order chi connectivity index (χ0) is 21.5. The van der Waals surface area contributed by atoms with Crippen LogP contribution in [0.15, 0.2) is 59.9 Å². The number of oxime groups is 1. The van der Waals surface area contributed by atoms with Crippen molar-refractivity contribution >= 4 is 23.2 Å². The van der Waals surface area contributed by atoms with E-state index in [1.165, 1.54) is 20.2 Å². The number of aromatic nitrogens is 2. The number of carbonyl (C=O) groups is 1. The molecule has 0 fully saturated rings. The predicted octanol–water partition coefficient (Wildman–Crippen LogP) is 3.95. The molecule has 0 aliphatic carbocycles. The van der Waals surface area contributed by atoms with Gasteiger partial charge in [-0.25, -0.2) is 4.98 Å². The highest BCUT2D eigenvalue weighted by atomic mass is 35.5. The molecule has 1 N–H and O–H groups in total. The van der Waals surface area contributed by atoms with Crippen LogP contribution in [0, 0.1) is 5.82 Å². The van der Waals surface area contributed by atoms with Gasteiger partial charge < -0.3 is 19.6 Å². The number of benzene rings is 2. The van der Waals surface area contributed by atoms with E-state index in [1.807, 2.05) is 0 Å². The Morgan fingerprint density at radius 2 is 1.80 bits per heavy atom. The first kappa shape index (κ1) is 21.0. The molecule has 0 saturated carbocycles. The number of hydrogen-bond donors (Lipinski definition) is 1. The minimum Gasteiger partial charge on any atom is -0.436 e. The molecule has 0 aliphatic rings. The smallest absolute Gasteiger partial charge is 0.325 e. The maximum Gasteiger partial charge on any atom is 0.325 e. The van der Waals surface area contributed by atoms with Crippen LogP contribution in [0.4, 0.5) is 4.39 Å². The van der Waals surface area contributed by atoms with Crippen molar-refractivity contribution in [3.63, 3.8) is 0 Å². The number of ether oxygens (including phenoxy) is 2. The van der Waals surface area contributed by atoms with E-state index < -0.39 is 17.6 Å². The molecule has 1 heterocycles. The molecular weight excluding hydrogens is 415 g/mol. The number of hydrogen-bond acceptors (Lipinski definition) is 7. The Bertz CT molecular complexity index is 1090. The van der Waals surface area contributed by atoms with Crippen molar-refractivity contribution in [3.8, 4) is 23.4 Å². The Balaban J connectivity index is 1.95. The van der Waals surface area contributed by atoms with E-state index in [4.69, 9.17) is 25.9 Å². The number of para-hydroxylation sites is 2. The second kappa shape index (κ2) is 9.66. The molecule has 0 spiro atoms. The van der Waals surface area contributed by atoms with Crippen LogP contribution in [0.2, 0.25) is 5.02 Å². The molecule has 0 radical (unpaired) electrons. The van der Waals surface area contributed by atoms with Crippen molar-refractivity contribution in [2.24, 2.45) is 5.16 Å². The third kappa shape index (κ3) is 4.81. The van der Waals surface area contributed by atoms with Crippen molar-refractivity contribution in [2.75, 3.05) is 14.2 Å². The van der Waals surface area contributed by atoms with E-state index in [0.717, 1.165) is 6.20 Å². The van der Waals surface area contributed by atoms with Gasteiger partial charge in [-0.15, -0.1) is 0 Å². The number of likely N-dealkylation sites (N-methyl/N-ethyl adjacent to an activating group) is 1. The molecule has 8 nitrogen and oxygen atoms in total. The summed E-state index contributed by atoms with van der Waals surface area (Å²) in [5, 5.41) is 6.52. The Labute approximate surface area is 176 Å². The standard InChI is InChI=1S/C20H16ClFN4O4/c1-23-18(27)17(26-28-2)12-7-3-5-9-15(12)29-19-14(22)11-24-20(25-19)30-16-10-6-4-8-13(16)21/h3-11H,1-2H3,(H,23,27)/b26-17+. The molecular formula is C20H16ClFN4O4. The van der Waals surface area contributed by atoms with Gasteiger partial charge in [-0.2, -0.15) is 9.37 Å². The van der Waals surface area contributed by atoms with Gasteiger partial charge in [0.15, 0.2) is 5.71 Å². The van der Waals surface area contributed by atoms with Gasteiger partial charge in [0.2, 0.25) is 5.82 Å². The van der Waals surface area contributed by atoms with Gasteiger partial charge in [-0.05, 0) is 24.3 Å². The van der Waals surface area contributed by atoms with Crippen molar-refractivity contribution in [2.45, 2.75) is 0 Å². The van der Waals surface area contributed by atoms with Crippen LogP contribution in [0.25, 0.3) is 0 Å². The lowest BCUT2D eigenvalue weighted by Crippen LogP contribution is -2.28. The first-order chi connectivity index (χ1) is 14.5. The molecule has 0 saturated heterocycles. The van der Waals surface area contributed by atoms with Gasteiger partial charge in [0, 0.05) is 7.05 Å². The van der Waals surface area contributed by atoms with E-state index in [0.29, 0.717) is 10.8 Å². The van der Waals surface area contributed by atoms with E-state index >= 15 is 0 Å². The van der Waals surface area contributed by atoms with Gasteiger partial charge >= 0.3 is 6.01 Å². The van der Waals surface area contributed by atoms with Gasteiger partial charge in [-0.3, -0.25) is 4.79 Å². The fraction of sp³-hybridized carbons (Fsp3) is 0.100. The van der Waals surface area contributed by atoms with Gasteiger partial charge in [-0.1, -0.05) is 41.0 Å². The van der Waals surface area contributed by atoms with Crippen LogP contribution in [0.3, 0.4) is 0 Å². The Kier molecular flexibility index (Phi) is 6.76. The van der Waals surface area contributed by atoms with E-state index in [2.05, 4.69) is 20.4 Å². The summed E-state index contributed by atoms with van der Waals surface area (Å²) >= 11 is 6.05. The summed E-state index contributed by atoms with van der Waals surface area (Å²) in [6.45, 7) is 0. The van der Waals surface area contributed by atoms with Crippen LogP contribution >= 0.6 is 11.6 Å². The third-order valence-corrected chi connectivity index (χ3v) is 4.01. The van der Waals surface area contributed by atoms with Crippen LogP contribution in [0.5, 0.6) is 23.4 Å². The minimum atomic E-state index is -0.832. The highest BCUT2D eigenvalue weighted by Gasteiger charge is 2.20. The Hall–Kier alpha value is -3.72. The summed E-state index contributed by atoms with van der Waals surface area (Å²) in [7, 11) is 2.74. The lowest BCUT2D eigenvalue weighted by molar-refractivity contribution is -0.114. The normalized spacial score (nSPS) is 11.0. The maximum atomic E-state index is 14.3. The highest BCUT2D eigenvalue weighted by molar-refractivity contribution is 6.45. The number of nitrogens with zero attached hydrogens (tertiary/aromatic N) is 3. The van der Waals surface area contributed by atoms with Gasteiger partial charge in [0.1, 0.15) is 18.6 Å². The number of amides is 1. The van der Waals surface area contributed by atoms with Gasteiger partial charge in [0.05, 0.1) is 16.8 Å². The van der Waals surface area contributed by atoms with Crippen molar-refractivity contribution in [1.82, 2.24) is 15.3 Å². The fourth-order valence-corrected chi connectivity index (χ4v) is 2.54. The van der Waals surface area contributed by atoms with Crippen molar-refractivity contribution in [3.05, 3.63) is 71.1 Å². The summed E-state index contributed by atoms with van der Waals surface area (Å²) < 4.78 is 25.4. The Morgan fingerprint density at radius 3 is 2.50 bits per heavy atom. The molecule has 10 heteroatoms. The molecule has 0 unspecified atom stereocenters. The molecule has 2 aromatic carbocycles. The van der Waals surface area contributed by atoms with Crippen molar-refractivity contribution < 1.29 is 23.5 Å². The number of carbonyl (C=O) groups excluding carboxylic acids is 1. The van der Waals surface area contributed by atoms with Crippen LogP contribution in [-0.4, -0.2) is 35.7 Å². The van der Waals surface area contributed by atoms with Crippen LogP contribution in [-0.2, 0) is 9.63 Å². The molecule has 0 aliphatic heterocycles. The molecule has 30 heavy (non-hydrogen) atoms. The Morgan fingerprint density at radius 1 is 1.10 bits per heavy atom. The number of halogens is 2. The topological polar surface area (TPSA) is 94.9 Å². The second-order valence-corrected chi connectivity index (χ2v) is 6.05. The summed E-state index contributed by atoms with van der Waals surface area (Å²) in [5.41, 5.74) is 0.211. The first-order valence-corrected chi connectivity index (χ1v) is 8.96. The quantitative estimate of drug-likeness (QED) is 0.450. The molecule has 3 rings (SSSR count). The maximum absolute atomic E-state index is 14.3. The number of rotatable bonds is 7. The van der Waals surface area contributed by atoms with E-state index in [-0.39, 0.29) is 23.0 Å². The summed E-state index contributed by atoms with van der Waals surface area (Å²) in [6.07, 6.45) is 0.903. The average Bonchev–Trinajstić information content (AvgIpc) is 2.76. The fourth-order valence-electron chi connectivity index (χ4n) is 2.36. The lowest BCUT2D eigenvalue weighted by Gasteiger charge is -2.12. The largest absolute Gasteiger partial charge is 0.436 e. The summed E-state index contributed by atoms with van der Waals surface area (Å²) in [5.74, 6) is -1.34. The van der Waals surface area contributed by atoms with Crippen molar-refractivity contribution in [1.29, 1.82) is 0 Å². The van der Waals surface area contributed by atoms with E-state index in [1.54, 1.807) is 42.5 Å². The molecule has 0 bridgehead atoms. The molecule has 154 valence electrons. The molecule has 1 amide bonds. The predicted molar refractivity (Wildman–Crippen MR) is 108 cm³/mol. The average molecular weight is 431 g/mol. The van der Waals surface area contributed by atoms with Gasteiger partial charge in [0.25, 0.3) is 11.8 Å². The van der Waals surface area contributed by atoms with Crippen LogP contribution in [0.1, 0.15) is 5.56 Å². The van der Waals surface area contributed by atoms with Crippen LogP contribution < -0.4 is 14.8 Å². The lowest BCUT2D eigenvalue weighted by atomic mass is 10.1. The van der Waals surface area contributed by atoms with E-state index in [9.17, 15) is 9.18 Å². The molecule has 0 atom stereocenters. The zero-order valence-electron chi connectivity index (χ0n) is 15.9. The SMILES string of the molecule is CNC(=O)/C(=N/OC)c1ccccc1Oc1nc(Oc2ccccc2Cl)ncc1F. The second-order valence-electron chi connectivity index (χ2n) is 5.64. The molecule has 1 aromatic heterocycles. The summed E-state index contributed by atoms with van der Waals surface area (Å²) in [6, 6.07) is 12.9. The minimum absolute atomic E-state index is 0.0578.